The van der Waals surface area contributed by atoms with Gasteiger partial charge in [-0.15, -0.1) is 0 Å². The van der Waals surface area contributed by atoms with Crippen molar-refractivity contribution in [2.45, 2.75) is 20.0 Å². The zero-order valence-electron chi connectivity index (χ0n) is 12.0. The number of esters is 1. The van der Waals surface area contributed by atoms with Crippen molar-refractivity contribution >= 4 is 119 Å². The molecule has 0 aliphatic heterocycles. The van der Waals surface area contributed by atoms with Gasteiger partial charge in [0.25, 0.3) is 16.4 Å². The minimum Gasteiger partial charge on any atom is -0.453 e. The predicted octanol–water partition coefficient (Wildman–Crippen LogP) is 4.15. The molecule has 11 heteroatoms. The maximum atomic E-state index is 12.2. The molecule has 0 spiro atoms. The summed E-state index contributed by atoms with van der Waals surface area (Å²) < 4.78 is 5.80. The third kappa shape index (κ3) is 5.14. The minimum absolute atomic E-state index is 0.0673. The Morgan fingerprint density at radius 2 is 1.38 bits per heavy atom. The quantitative estimate of drug-likeness (QED) is 0.282. The van der Waals surface area contributed by atoms with Gasteiger partial charge in [0.2, 0.25) is 0 Å². The summed E-state index contributed by atoms with van der Waals surface area (Å²) in [4.78, 5) is 46.5. The van der Waals surface area contributed by atoms with Crippen molar-refractivity contribution in [2.75, 3.05) is 5.32 Å². The smallest absolute Gasteiger partial charge is 0.303 e. The number of anilines is 1. The van der Waals surface area contributed by atoms with E-state index >= 15 is 0 Å². The highest BCUT2D eigenvalue weighted by atomic mass is 127. The van der Waals surface area contributed by atoms with E-state index in [2.05, 4.69) is 5.32 Å². The molecule has 0 heterocycles. The molecule has 0 saturated carbocycles. The normalized spacial score (nSPS) is 11.6. The summed E-state index contributed by atoms with van der Waals surface area (Å²) in [5, 5.41) is 0.967. The van der Waals surface area contributed by atoms with Crippen molar-refractivity contribution in [1.82, 2.24) is 0 Å². The number of nitrogens with one attached hydrogen (secondary N) is 1. The number of amides is 1. The van der Waals surface area contributed by atoms with E-state index < -0.39 is 28.5 Å². The molecule has 0 fully saturated rings. The molecule has 1 rings (SSSR count). The van der Waals surface area contributed by atoms with E-state index in [0.717, 1.165) is 0 Å². The maximum absolute atomic E-state index is 12.2. The lowest BCUT2D eigenvalue weighted by Gasteiger charge is -2.18. The van der Waals surface area contributed by atoms with Gasteiger partial charge in [-0.25, -0.2) is 0 Å². The van der Waals surface area contributed by atoms with Crippen LogP contribution in [0.5, 0.6) is 0 Å². The van der Waals surface area contributed by atoms with E-state index in [1.165, 1.54) is 13.8 Å². The molecule has 130 valence electrons. The molecule has 1 atom stereocenters. The van der Waals surface area contributed by atoms with Gasteiger partial charge in [0, 0.05) is 10.5 Å². The van der Waals surface area contributed by atoms with E-state index in [4.69, 9.17) is 27.9 Å². The molecule has 1 aromatic rings. The molecular formula is C13H8Cl2I3NO5. The van der Waals surface area contributed by atoms with Crippen LogP contribution in [-0.2, 0) is 14.3 Å². The number of carbonyl (C=O) groups excluding carboxylic acids is 4. The van der Waals surface area contributed by atoms with Crippen molar-refractivity contribution in [3.63, 3.8) is 0 Å². The number of halogens is 5. The van der Waals surface area contributed by atoms with E-state index in [-0.39, 0.29) is 16.8 Å². The predicted molar refractivity (Wildman–Crippen MR) is 115 cm³/mol. The molecule has 0 saturated heterocycles. The summed E-state index contributed by atoms with van der Waals surface area (Å²) in [5.41, 5.74) is 0.337. The van der Waals surface area contributed by atoms with Crippen LogP contribution in [0.3, 0.4) is 0 Å². The van der Waals surface area contributed by atoms with Crippen LogP contribution in [0.2, 0.25) is 0 Å². The van der Waals surface area contributed by atoms with Gasteiger partial charge < -0.3 is 10.1 Å². The van der Waals surface area contributed by atoms with Crippen LogP contribution in [0.15, 0.2) is 0 Å². The first kappa shape index (κ1) is 22.3. The number of hydrogen-bond acceptors (Lipinski definition) is 5. The van der Waals surface area contributed by atoms with Gasteiger partial charge in [-0.3, -0.25) is 19.2 Å². The highest BCUT2D eigenvalue weighted by Crippen LogP contribution is 2.37. The number of benzene rings is 1. The maximum Gasteiger partial charge on any atom is 0.303 e. The van der Waals surface area contributed by atoms with Crippen LogP contribution in [0.4, 0.5) is 5.69 Å². The molecule has 1 unspecified atom stereocenters. The topological polar surface area (TPSA) is 89.5 Å². The monoisotopic (exact) mass is 709 g/mol. The SMILES string of the molecule is CC(=O)OC(C)C(=O)Nc1c(I)c(C(=O)Cl)c(I)c(C(=O)Cl)c1I. The Bertz CT molecular complexity index is 713. The molecule has 6 nitrogen and oxygen atoms in total. The van der Waals surface area contributed by atoms with Gasteiger partial charge in [-0.2, -0.15) is 0 Å². The average Bonchev–Trinajstić information content (AvgIpc) is 2.41. The summed E-state index contributed by atoms with van der Waals surface area (Å²) in [7, 11) is 0. The van der Waals surface area contributed by atoms with Gasteiger partial charge in [0.1, 0.15) is 0 Å². The van der Waals surface area contributed by atoms with Gasteiger partial charge in [0.15, 0.2) is 6.10 Å². The van der Waals surface area contributed by atoms with E-state index in [0.29, 0.717) is 10.7 Å². The second-order valence-corrected chi connectivity index (χ2v) is 8.28. The molecule has 0 aliphatic carbocycles. The Balaban J connectivity index is 3.48. The molecule has 0 radical (unpaired) electrons. The van der Waals surface area contributed by atoms with Gasteiger partial charge in [-0.05, 0) is 97.9 Å². The van der Waals surface area contributed by atoms with Crippen molar-refractivity contribution < 1.29 is 23.9 Å². The van der Waals surface area contributed by atoms with Crippen LogP contribution >= 0.6 is 91.0 Å². The molecule has 1 amide bonds. The summed E-state index contributed by atoms with van der Waals surface area (Å²) in [5.74, 6) is -1.24. The van der Waals surface area contributed by atoms with Crippen molar-refractivity contribution in [1.29, 1.82) is 0 Å². The zero-order chi connectivity index (χ0) is 18.8. The van der Waals surface area contributed by atoms with Crippen molar-refractivity contribution in [3.8, 4) is 0 Å². The first-order valence-corrected chi connectivity index (χ1v) is 10.1. The fraction of sp³-hybridized carbons (Fsp3) is 0.231. The van der Waals surface area contributed by atoms with Gasteiger partial charge in [-0.1, -0.05) is 0 Å². The number of ether oxygens (including phenoxy) is 1. The molecule has 24 heavy (non-hydrogen) atoms. The highest BCUT2D eigenvalue weighted by molar-refractivity contribution is 14.1. The third-order valence-corrected chi connectivity index (χ3v) is 6.28. The summed E-state index contributed by atoms with van der Waals surface area (Å²) in [6.07, 6.45) is -1.06. The first-order chi connectivity index (χ1) is 11.0. The molecule has 1 aromatic carbocycles. The van der Waals surface area contributed by atoms with Gasteiger partial charge >= 0.3 is 5.97 Å². The second-order valence-electron chi connectivity index (χ2n) is 4.36. The average molecular weight is 710 g/mol. The lowest BCUT2D eigenvalue weighted by atomic mass is 10.1. The Morgan fingerprint density at radius 1 is 0.958 bits per heavy atom. The van der Waals surface area contributed by atoms with Crippen LogP contribution in [0.25, 0.3) is 0 Å². The van der Waals surface area contributed by atoms with E-state index in [9.17, 15) is 19.2 Å². The standard InChI is InChI=1S/C13H8Cl2I3NO5/c1-3(24-4(2)20)13(23)19-10-8(17)5(11(14)21)7(16)6(9(10)18)12(15)22/h3H,1-2H3,(H,19,23). The zero-order valence-corrected chi connectivity index (χ0v) is 20.0. The Hall–Kier alpha value is 0.270. The van der Waals surface area contributed by atoms with Crippen molar-refractivity contribution in [3.05, 3.63) is 21.8 Å². The van der Waals surface area contributed by atoms with Crippen LogP contribution in [0, 0.1) is 10.7 Å². The van der Waals surface area contributed by atoms with Crippen molar-refractivity contribution in [2.24, 2.45) is 0 Å². The fourth-order valence-corrected chi connectivity index (χ4v) is 7.08. The minimum atomic E-state index is -1.06. The molecule has 1 N–H and O–H groups in total. The summed E-state index contributed by atoms with van der Waals surface area (Å²) in [6.45, 7) is 2.57. The van der Waals surface area contributed by atoms with Crippen LogP contribution < -0.4 is 5.32 Å². The van der Waals surface area contributed by atoms with E-state index in [1.807, 2.05) is 45.2 Å². The Kier molecular flexibility index (Phi) is 8.62. The first-order valence-electron chi connectivity index (χ1n) is 6.07. The Morgan fingerprint density at radius 3 is 1.71 bits per heavy atom. The van der Waals surface area contributed by atoms with Gasteiger partial charge in [0.05, 0.1) is 24.0 Å². The third-order valence-electron chi connectivity index (χ3n) is 2.67. The highest BCUT2D eigenvalue weighted by Gasteiger charge is 2.28. The Labute approximate surface area is 188 Å². The lowest BCUT2D eigenvalue weighted by molar-refractivity contribution is -0.150. The lowest BCUT2D eigenvalue weighted by Crippen LogP contribution is -2.30. The van der Waals surface area contributed by atoms with Crippen LogP contribution in [0.1, 0.15) is 34.6 Å². The molecular weight excluding hydrogens is 702 g/mol. The summed E-state index contributed by atoms with van der Waals surface area (Å²) in [6, 6.07) is 0. The second kappa shape index (κ2) is 9.28. The van der Waals surface area contributed by atoms with Crippen LogP contribution in [-0.4, -0.2) is 28.5 Å². The fourth-order valence-electron chi connectivity index (χ4n) is 1.65. The molecule has 0 aromatic heterocycles. The summed E-state index contributed by atoms with van der Waals surface area (Å²) >= 11 is 16.7. The number of carbonyl (C=O) groups is 4. The molecule has 0 bridgehead atoms. The largest absolute Gasteiger partial charge is 0.453 e. The molecule has 0 aliphatic rings. The number of hydrogen-bond donors (Lipinski definition) is 1. The number of rotatable bonds is 5. The van der Waals surface area contributed by atoms with E-state index in [1.54, 1.807) is 22.6 Å².